The second-order valence-corrected chi connectivity index (χ2v) is 10.7. The third-order valence-electron chi connectivity index (χ3n) is 6.97. The molecule has 6 amide bonds. The van der Waals surface area contributed by atoms with Gasteiger partial charge < -0.3 is 25.3 Å². The molecule has 43 heavy (non-hydrogen) atoms. The van der Waals surface area contributed by atoms with E-state index in [1.165, 1.54) is 23.6 Å². The van der Waals surface area contributed by atoms with Crippen molar-refractivity contribution in [3.8, 4) is 0 Å². The minimum atomic E-state index is -1.60. The third-order valence-corrected chi connectivity index (χ3v) is 8.31. The number of nitrogens with one attached hydrogen (secondary N) is 2. The Morgan fingerprint density at radius 1 is 1.02 bits per heavy atom. The first-order chi connectivity index (χ1) is 20.2. The number of carboxylic acid groups (broad SMARTS) is 1. The Morgan fingerprint density at radius 2 is 1.67 bits per heavy atom. The Labute approximate surface area is 272 Å². The molecule has 0 radical (unpaired) electrons. The molecule has 15 heteroatoms. The molecule has 0 aromatic heterocycles. The van der Waals surface area contributed by atoms with Gasteiger partial charge in [0, 0.05) is 30.5 Å². The number of fused-ring (bicyclic) bond motifs is 1. The molecule has 0 aliphatic carbocycles. The van der Waals surface area contributed by atoms with E-state index in [1.807, 2.05) is 6.07 Å². The molecule has 0 bridgehead atoms. The number of para-hydroxylation sites is 1. The number of imide groups is 1. The first kappa shape index (κ1) is 32.1. The van der Waals surface area contributed by atoms with Gasteiger partial charge in [0.1, 0.15) is 24.1 Å². The van der Waals surface area contributed by atoms with Crippen molar-refractivity contribution in [1.29, 1.82) is 0 Å². The molecule has 5 rings (SSSR count). The number of esters is 1. The summed E-state index contributed by atoms with van der Waals surface area (Å²) in [5, 5.41) is 16.4. The molecule has 13 nitrogen and oxygen atoms in total. The van der Waals surface area contributed by atoms with Gasteiger partial charge >= 0.3 is 47.6 Å². The summed E-state index contributed by atoms with van der Waals surface area (Å²) in [5.41, 5.74) is 0.862. The van der Waals surface area contributed by atoms with Gasteiger partial charge in [0.15, 0.2) is 0 Å². The Morgan fingerprint density at radius 3 is 2.30 bits per heavy atom. The largest absolute Gasteiger partial charge is 1.00 e. The smallest absolute Gasteiger partial charge is 0.543 e. The van der Waals surface area contributed by atoms with E-state index in [0.29, 0.717) is 11.3 Å². The van der Waals surface area contributed by atoms with E-state index in [1.54, 1.807) is 54.6 Å². The molecule has 2 unspecified atom stereocenters. The molecule has 3 aliphatic heterocycles. The van der Waals surface area contributed by atoms with Crippen LogP contribution in [0.15, 0.2) is 71.9 Å². The van der Waals surface area contributed by atoms with Crippen LogP contribution in [0.2, 0.25) is 0 Å². The number of thioether (sulfide) groups is 1. The molecular weight excluding hydrogens is 589 g/mol. The van der Waals surface area contributed by atoms with Crippen molar-refractivity contribution >= 4 is 53.3 Å². The molecular formula is C28H26N5NaO8S. The maximum Gasteiger partial charge on any atom is 1.00 e. The van der Waals surface area contributed by atoms with Crippen molar-refractivity contribution in [3.05, 3.63) is 77.5 Å². The standard InChI is InChI=1S/C28H27N5O8S.Na/c1-16(34)41-14-18-15-42-25-21(24(36)33(25)22(18)26(37)38)29-23(35)20(17-8-4-2-5-9-17)30-27(39)32-13-12-31(28(32)40)19-10-6-3-7-11-19;/h2-11,20-21,25H,12-15H2,1H3,(H,29,35)(H,30,39)(H,37,38);/q;+1/p-1/t20?,21?,25-;/m0./s1. The predicted molar refractivity (Wildman–Crippen MR) is 147 cm³/mol. The van der Waals surface area contributed by atoms with Crippen LogP contribution in [0.3, 0.4) is 0 Å². The summed E-state index contributed by atoms with van der Waals surface area (Å²) in [4.78, 5) is 79.4. The number of urea groups is 2. The average molecular weight is 616 g/mol. The number of benzene rings is 2. The molecule has 2 aromatic carbocycles. The summed E-state index contributed by atoms with van der Waals surface area (Å²) in [5.74, 6) is -3.49. The molecule has 2 aromatic rings. The van der Waals surface area contributed by atoms with E-state index in [-0.39, 0.29) is 66.3 Å². The van der Waals surface area contributed by atoms with E-state index in [4.69, 9.17) is 4.74 Å². The fraction of sp³-hybridized carbons (Fsp3) is 0.286. The Bertz CT molecular complexity index is 1470. The number of ether oxygens (including phenoxy) is 1. The van der Waals surface area contributed by atoms with E-state index in [9.17, 15) is 33.9 Å². The van der Waals surface area contributed by atoms with Crippen LogP contribution >= 0.6 is 11.8 Å². The minimum absolute atomic E-state index is 0. The number of anilines is 1. The van der Waals surface area contributed by atoms with Crippen LogP contribution in [0, 0.1) is 0 Å². The third kappa shape index (κ3) is 6.56. The van der Waals surface area contributed by atoms with Crippen molar-refractivity contribution in [2.24, 2.45) is 0 Å². The number of aliphatic carboxylic acids is 1. The fourth-order valence-corrected chi connectivity index (χ4v) is 6.26. The molecule has 0 saturated carbocycles. The summed E-state index contributed by atoms with van der Waals surface area (Å²) >= 11 is 1.19. The van der Waals surface area contributed by atoms with Gasteiger partial charge in [-0.05, 0) is 17.7 Å². The summed E-state index contributed by atoms with van der Waals surface area (Å²) in [7, 11) is 0. The average Bonchev–Trinajstić information content (AvgIpc) is 3.38. The van der Waals surface area contributed by atoms with Crippen LogP contribution < -0.4 is 50.2 Å². The van der Waals surface area contributed by atoms with E-state index in [2.05, 4.69) is 10.6 Å². The molecule has 2 saturated heterocycles. The van der Waals surface area contributed by atoms with Crippen LogP contribution in [-0.4, -0.2) is 82.5 Å². The van der Waals surface area contributed by atoms with Crippen LogP contribution in [0.5, 0.6) is 0 Å². The van der Waals surface area contributed by atoms with Crippen molar-refractivity contribution in [1.82, 2.24) is 20.4 Å². The maximum absolute atomic E-state index is 13.5. The Hall–Kier alpha value is -3.85. The fourth-order valence-electron chi connectivity index (χ4n) is 4.93. The quantitative estimate of drug-likeness (QED) is 0.183. The maximum atomic E-state index is 13.5. The molecule has 2 fully saturated rings. The van der Waals surface area contributed by atoms with E-state index >= 15 is 0 Å². The number of nitrogens with zero attached hydrogens (tertiary/aromatic N) is 3. The van der Waals surface area contributed by atoms with Gasteiger partial charge in [-0.25, -0.2) is 14.5 Å². The van der Waals surface area contributed by atoms with Crippen molar-refractivity contribution in [2.45, 2.75) is 24.4 Å². The number of rotatable bonds is 8. The SMILES string of the molecule is CC(=O)OCC1=C(C(=O)[O-])N2C(=O)C(NC(=O)C(NC(=O)N3CCN(c4ccccc4)C3=O)c3ccccc3)[C@@H]2SC1.[Na+]. The summed E-state index contributed by atoms with van der Waals surface area (Å²) in [6.45, 7) is 1.25. The predicted octanol–water partition coefficient (Wildman–Crippen LogP) is -2.65. The zero-order chi connectivity index (χ0) is 30.0. The first-order valence-electron chi connectivity index (χ1n) is 13.0. The Balaban J connectivity index is 0.00000423. The minimum Gasteiger partial charge on any atom is -0.543 e. The van der Waals surface area contributed by atoms with Gasteiger partial charge in [-0.1, -0.05) is 48.5 Å². The molecule has 3 atom stereocenters. The number of carboxylic acids is 1. The summed E-state index contributed by atoms with van der Waals surface area (Å²) < 4.78 is 4.91. The molecule has 3 heterocycles. The normalized spacial score (nSPS) is 20.0. The number of hydrogen-bond donors (Lipinski definition) is 2. The van der Waals surface area contributed by atoms with Gasteiger partial charge in [0.25, 0.3) is 5.91 Å². The van der Waals surface area contributed by atoms with Gasteiger partial charge in [-0.15, -0.1) is 11.8 Å². The van der Waals surface area contributed by atoms with Crippen LogP contribution in [0.4, 0.5) is 15.3 Å². The van der Waals surface area contributed by atoms with Crippen LogP contribution in [0.1, 0.15) is 18.5 Å². The molecule has 218 valence electrons. The topological polar surface area (TPSA) is 168 Å². The van der Waals surface area contributed by atoms with Gasteiger partial charge in [0.05, 0.1) is 18.2 Å². The van der Waals surface area contributed by atoms with Gasteiger partial charge in [-0.3, -0.25) is 24.2 Å². The summed E-state index contributed by atoms with van der Waals surface area (Å²) in [6.07, 6.45) is 0. The Kier molecular flexibility index (Phi) is 10.2. The van der Waals surface area contributed by atoms with E-state index in [0.717, 1.165) is 9.80 Å². The number of carbonyl (C=O) groups excluding carboxylic acids is 6. The van der Waals surface area contributed by atoms with Gasteiger partial charge in [0.2, 0.25) is 5.91 Å². The number of β-lactam (4-membered cyclic amide) rings is 1. The van der Waals surface area contributed by atoms with Gasteiger partial charge in [-0.2, -0.15) is 0 Å². The number of amides is 6. The molecule has 3 aliphatic rings. The monoisotopic (exact) mass is 615 g/mol. The molecule has 0 spiro atoms. The van der Waals surface area contributed by atoms with Crippen molar-refractivity contribution in [2.75, 3.05) is 30.3 Å². The second kappa shape index (κ2) is 13.6. The first-order valence-corrected chi connectivity index (χ1v) is 14.0. The molecule has 2 N–H and O–H groups in total. The number of hydrogen-bond acceptors (Lipinski definition) is 9. The second-order valence-electron chi connectivity index (χ2n) is 9.63. The van der Waals surface area contributed by atoms with Crippen molar-refractivity contribution in [3.63, 3.8) is 0 Å². The summed E-state index contributed by atoms with van der Waals surface area (Å²) in [6, 6.07) is 13.5. The zero-order valence-corrected chi connectivity index (χ0v) is 26.2. The number of carbonyl (C=O) groups is 6. The van der Waals surface area contributed by atoms with E-state index < -0.39 is 53.3 Å². The van der Waals surface area contributed by atoms with Crippen molar-refractivity contribution < 1.29 is 68.2 Å². The van der Waals surface area contributed by atoms with Crippen LogP contribution in [0.25, 0.3) is 0 Å². The van der Waals surface area contributed by atoms with Crippen LogP contribution in [-0.2, 0) is 23.9 Å². The zero-order valence-electron chi connectivity index (χ0n) is 23.3.